The number of anilines is 2. The number of ether oxygens (including phenoxy) is 4. The summed E-state index contributed by atoms with van der Waals surface area (Å²) < 4.78 is 47.9. The van der Waals surface area contributed by atoms with Crippen molar-refractivity contribution in [3.05, 3.63) is 46.2 Å². The Kier molecular flexibility index (Phi) is 6.31. The number of methoxy groups -OCH3 is 1. The number of rotatable bonds is 6. The highest BCUT2D eigenvalue weighted by Crippen LogP contribution is 2.41. The predicted octanol–water partition coefficient (Wildman–Crippen LogP) is 3.08. The highest BCUT2D eigenvalue weighted by Gasteiger charge is 2.62. The van der Waals surface area contributed by atoms with Gasteiger partial charge in [-0.25, -0.2) is 18.4 Å². The van der Waals surface area contributed by atoms with Gasteiger partial charge in [0, 0.05) is 27.9 Å². The Hall–Kier alpha value is -2.22. The standard InChI is InChI=1S/C22H21BrClN3O7S/c1-31-16-6-12-15(25-10-26-21(12)27-11-3-4-13(23)14(24)5-11)7-17(16)34-18-8-32-20-19(18)33-9-22(20,28)35(2,29)30/h3-7,10,18-20,28H,8-9H2,1-2H3,(H,25,26,27)/t18-,19-,20-,22-/m0/s1. The van der Waals surface area contributed by atoms with Crippen LogP contribution in [0.3, 0.4) is 0 Å². The number of benzene rings is 2. The monoisotopic (exact) mass is 585 g/mol. The van der Waals surface area contributed by atoms with Gasteiger partial charge in [-0.3, -0.25) is 0 Å². The minimum atomic E-state index is -3.84. The van der Waals surface area contributed by atoms with Crippen LogP contribution in [0.15, 0.2) is 41.1 Å². The third-order valence-corrected chi connectivity index (χ3v) is 8.92. The molecule has 186 valence electrons. The summed E-state index contributed by atoms with van der Waals surface area (Å²) in [7, 11) is -2.34. The van der Waals surface area contributed by atoms with Crippen LogP contribution in [0, 0.1) is 0 Å². The van der Waals surface area contributed by atoms with Gasteiger partial charge in [-0.2, -0.15) is 0 Å². The number of halogens is 2. The van der Waals surface area contributed by atoms with E-state index in [4.69, 9.17) is 30.5 Å². The zero-order valence-corrected chi connectivity index (χ0v) is 21.7. The van der Waals surface area contributed by atoms with E-state index in [1.54, 1.807) is 18.2 Å². The van der Waals surface area contributed by atoms with Crippen LogP contribution >= 0.6 is 27.5 Å². The second-order valence-corrected chi connectivity index (χ2v) is 11.8. The highest BCUT2D eigenvalue weighted by molar-refractivity contribution is 9.10. The van der Waals surface area contributed by atoms with Gasteiger partial charge in [0.25, 0.3) is 0 Å². The third kappa shape index (κ3) is 4.32. The Morgan fingerprint density at radius 1 is 1.23 bits per heavy atom. The molecule has 35 heavy (non-hydrogen) atoms. The first-order valence-electron chi connectivity index (χ1n) is 10.5. The Labute approximate surface area is 214 Å². The first-order valence-corrected chi connectivity index (χ1v) is 13.5. The SMILES string of the molecule is COc1cc2c(Nc3ccc(Br)c(Cl)c3)ncnc2cc1O[C@H]1CO[C@H]2[C@H]1OC[C@]2(O)S(C)(=O)=O. The van der Waals surface area contributed by atoms with Crippen molar-refractivity contribution in [1.82, 2.24) is 9.97 Å². The molecule has 0 bridgehead atoms. The van der Waals surface area contributed by atoms with Crippen molar-refractivity contribution >= 4 is 59.8 Å². The normalized spacial score (nSPS) is 26.0. The number of aliphatic hydroxyl groups is 1. The second-order valence-electron chi connectivity index (χ2n) is 8.30. The van der Waals surface area contributed by atoms with Gasteiger partial charge in [-0.1, -0.05) is 11.6 Å². The fraction of sp³-hybridized carbons (Fsp3) is 0.364. The Morgan fingerprint density at radius 3 is 2.74 bits per heavy atom. The van der Waals surface area contributed by atoms with E-state index < -0.39 is 39.7 Å². The van der Waals surface area contributed by atoms with E-state index in [1.165, 1.54) is 13.4 Å². The van der Waals surface area contributed by atoms with Crippen molar-refractivity contribution in [2.75, 3.05) is 31.9 Å². The van der Waals surface area contributed by atoms with Crippen molar-refractivity contribution in [3.8, 4) is 11.5 Å². The first kappa shape index (κ1) is 24.5. The highest BCUT2D eigenvalue weighted by atomic mass is 79.9. The van der Waals surface area contributed by atoms with Crippen LogP contribution < -0.4 is 14.8 Å². The molecule has 1 aromatic heterocycles. The lowest BCUT2D eigenvalue weighted by Gasteiger charge is -2.24. The maximum absolute atomic E-state index is 12.1. The number of nitrogens with zero attached hydrogens (tertiary/aromatic N) is 2. The molecule has 2 fully saturated rings. The maximum atomic E-state index is 12.1. The number of fused-ring (bicyclic) bond motifs is 2. The fourth-order valence-electron chi connectivity index (χ4n) is 4.17. The van der Waals surface area contributed by atoms with Crippen LogP contribution in [0.25, 0.3) is 10.9 Å². The number of hydrogen-bond acceptors (Lipinski definition) is 10. The molecule has 0 radical (unpaired) electrons. The molecule has 0 spiro atoms. The smallest absolute Gasteiger partial charge is 0.218 e. The minimum Gasteiger partial charge on any atom is -0.493 e. The van der Waals surface area contributed by atoms with Gasteiger partial charge in [0.15, 0.2) is 27.4 Å². The van der Waals surface area contributed by atoms with Gasteiger partial charge < -0.3 is 29.4 Å². The van der Waals surface area contributed by atoms with Gasteiger partial charge in [0.2, 0.25) is 4.93 Å². The van der Waals surface area contributed by atoms with Gasteiger partial charge in [0.05, 0.1) is 30.9 Å². The summed E-state index contributed by atoms with van der Waals surface area (Å²) in [5, 5.41) is 15.1. The van der Waals surface area contributed by atoms with Crippen molar-refractivity contribution in [2.24, 2.45) is 0 Å². The summed E-state index contributed by atoms with van der Waals surface area (Å²) in [6.07, 6.45) is -0.102. The predicted molar refractivity (Wildman–Crippen MR) is 132 cm³/mol. The van der Waals surface area contributed by atoms with E-state index >= 15 is 0 Å². The number of nitrogens with one attached hydrogen (secondary N) is 1. The zero-order valence-electron chi connectivity index (χ0n) is 18.6. The molecule has 13 heteroatoms. The van der Waals surface area contributed by atoms with Gasteiger partial charge in [-0.05, 0) is 40.2 Å². The Morgan fingerprint density at radius 2 is 2.03 bits per heavy atom. The van der Waals surface area contributed by atoms with E-state index in [-0.39, 0.29) is 6.61 Å². The minimum absolute atomic E-state index is 0.0370. The maximum Gasteiger partial charge on any atom is 0.218 e. The van der Waals surface area contributed by atoms with Crippen molar-refractivity contribution in [3.63, 3.8) is 0 Å². The quantitative estimate of drug-likeness (QED) is 0.445. The lowest BCUT2D eigenvalue weighted by atomic mass is 10.1. The third-order valence-electron chi connectivity index (χ3n) is 6.06. The molecule has 3 heterocycles. The summed E-state index contributed by atoms with van der Waals surface area (Å²) in [5.74, 6) is 1.31. The molecule has 2 aromatic carbocycles. The molecule has 2 N–H and O–H groups in total. The molecule has 2 saturated heterocycles. The van der Waals surface area contributed by atoms with Crippen LogP contribution in [0.2, 0.25) is 5.02 Å². The van der Waals surface area contributed by atoms with Crippen LogP contribution in [-0.2, 0) is 19.3 Å². The molecule has 0 aliphatic carbocycles. The number of aromatic nitrogens is 2. The lowest BCUT2D eigenvalue weighted by molar-refractivity contribution is -0.0159. The molecule has 0 saturated carbocycles. The summed E-state index contributed by atoms with van der Waals surface area (Å²) in [5.41, 5.74) is 1.32. The van der Waals surface area contributed by atoms with Crippen LogP contribution in [0.4, 0.5) is 11.5 Å². The van der Waals surface area contributed by atoms with Gasteiger partial charge >= 0.3 is 0 Å². The van der Waals surface area contributed by atoms with E-state index in [0.717, 1.165) is 16.4 Å². The molecule has 2 aliphatic heterocycles. The molecular formula is C22H21BrClN3O7S. The molecule has 3 aromatic rings. The van der Waals surface area contributed by atoms with Crippen molar-refractivity contribution < 1.29 is 32.5 Å². The molecule has 0 amide bonds. The summed E-state index contributed by atoms with van der Waals surface area (Å²) in [6, 6.07) is 8.88. The molecule has 4 atom stereocenters. The Balaban J connectivity index is 1.43. The van der Waals surface area contributed by atoms with E-state index in [1.807, 2.05) is 12.1 Å². The average Bonchev–Trinajstić information content (AvgIpc) is 3.37. The molecule has 2 aliphatic rings. The summed E-state index contributed by atoms with van der Waals surface area (Å²) >= 11 is 9.58. The molecule has 5 rings (SSSR count). The van der Waals surface area contributed by atoms with Crippen LogP contribution in [-0.4, -0.2) is 73.3 Å². The fourth-order valence-corrected chi connectivity index (χ4v) is 5.50. The van der Waals surface area contributed by atoms with E-state index in [0.29, 0.717) is 33.2 Å². The topological polar surface area (TPSA) is 129 Å². The van der Waals surface area contributed by atoms with Crippen LogP contribution in [0.1, 0.15) is 0 Å². The number of hydrogen-bond donors (Lipinski definition) is 2. The van der Waals surface area contributed by atoms with Crippen LogP contribution in [0.5, 0.6) is 11.5 Å². The first-order chi connectivity index (χ1) is 16.6. The van der Waals surface area contributed by atoms with E-state index in [9.17, 15) is 13.5 Å². The van der Waals surface area contributed by atoms with Crippen molar-refractivity contribution in [2.45, 2.75) is 23.2 Å². The van der Waals surface area contributed by atoms with Gasteiger partial charge in [-0.15, -0.1) is 0 Å². The summed E-state index contributed by atoms with van der Waals surface area (Å²) in [4.78, 5) is 6.57. The molecule has 10 nitrogen and oxygen atoms in total. The number of sulfone groups is 1. The lowest BCUT2D eigenvalue weighted by Crippen LogP contribution is -2.50. The largest absolute Gasteiger partial charge is 0.493 e. The van der Waals surface area contributed by atoms with E-state index in [2.05, 4.69) is 31.2 Å². The molecular weight excluding hydrogens is 566 g/mol. The molecule has 0 unspecified atom stereocenters. The Bertz CT molecular complexity index is 1410. The zero-order chi connectivity index (χ0) is 25.0. The van der Waals surface area contributed by atoms with Gasteiger partial charge in [0.1, 0.15) is 24.4 Å². The summed E-state index contributed by atoms with van der Waals surface area (Å²) in [6.45, 7) is -0.354. The average molecular weight is 587 g/mol. The second kappa shape index (κ2) is 9.02. The van der Waals surface area contributed by atoms with Crippen molar-refractivity contribution in [1.29, 1.82) is 0 Å².